The van der Waals surface area contributed by atoms with Crippen LogP contribution in [0.5, 0.6) is 5.75 Å². The molecule has 4 aromatic rings. The Balaban J connectivity index is 1.71. The summed E-state index contributed by atoms with van der Waals surface area (Å²) >= 11 is 0.919. The Morgan fingerprint density at radius 2 is 1.52 bits per heavy atom. The maximum Gasteiger partial charge on any atom is 0.138 e. The van der Waals surface area contributed by atoms with Crippen LogP contribution in [0.15, 0.2) is 100 Å². The van der Waals surface area contributed by atoms with Crippen molar-refractivity contribution in [1.29, 1.82) is 5.26 Å². The summed E-state index contributed by atoms with van der Waals surface area (Å²) in [5, 5.41) is 60.8. The first-order chi connectivity index (χ1) is 20.4. The monoisotopic (exact) mass is 584 g/mol. The molecule has 4 N–H and O–H groups in total. The second kappa shape index (κ2) is 13.2. The van der Waals surface area contributed by atoms with E-state index in [-0.39, 0.29) is 10.6 Å². The fourth-order valence-corrected chi connectivity index (χ4v) is 5.68. The van der Waals surface area contributed by atoms with Gasteiger partial charge in [-0.2, -0.15) is 10.4 Å². The van der Waals surface area contributed by atoms with Gasteiger partial charge in [0.2, 0.25) is 0 Å². The molecule has 1 aliphatic rings. The zero-order valence-electron chi connectivity index (χ0n) is 22.5. The second-order valence-corrected chi connectivity index (χ2v) is 10.5. The van der Waals surface area contributed by atoms with E-state index in [0.717, 1.165) is 11.8 Å². The number of rotatable bonds is 8. The van der Waals surface area contributed by atoms with Gasteiger partial charge in [0.1, 0.15) is 52.4 Å². The molecule has 1 aromatic heterocycles. The number of hydrogen-bond acceptors (Lipinski definition) is 11. The van der Waals surface area contributed by atoms with Gasteiger partial charge in [-0.3, -0.25) is 0 Å². The van der Waals surface area contributed by atoms with Crippen molar-refractivity contribution >= 4 is 23.1 Å². The van der Waals surface area contributed by atoms with E-state index in [2.05, 4.69) is 16.3 Å². The van der Waals surface area contributed by atoms with Crippen LogP contribution in [0.3, 0.4) is 0 Å². The molecule has 3 aromatic carbocycles. The predicted octanol–water partition coefficient (Wildman–Crippen LogP) is 4.60. The smallest absolute Gasteiger partial charge is 0.138 e. The highest BCUT2D eigenvalue weighted by Crippen LogP contribution is 2.46. The van der Waals surface area contributed by atoms with Gasteiger partial charge in [0.05, 0.1) is 30.7 Å². The maximum atomic E-state index is 10.7. The van der Waals surface area contributed by atoms with Crippen molar-refractivity contribution in [2.75, 3.05) is 13.7 Å². The third-order valence-electron chi connectivity index (χ3n) is 6.77. The van der Waals surface area contributed by atoms with Gasteiger partial charge >= 0.3 is 0 Å². The highest BCUT2D eigenvalue weighted by Gasteiger charge is 2.44. The maximum absolute atomic E-state index is 10.7. The minimum atomic E-state index is -1.57. The molecule has 1 saturated heterocycles. The van der Waals surface area contributed by atoms with Crippen molar-refractivity contribution in [1.82, 2.24) is 4.98 Å². The number of thioether (sulfide) groups is 1. The summed E-state index contributed by atoms with van der Waals surface area (Å²) in [6, 6.07) is 27.8. The quantitative estimate of drug-likeness (QED) is 0.217. The molecular weight excluding hydrogens is 556 g/mol. The lowest BCUT2D eigenvalue weighted by Crippen LogP contribution is -2.57. The lowest BCUT2D eigenvalue weighted by Gasteiger charge is -2.39. The molecule has 0 aliphatic carbocycles. The van der Waals surface area contributed by atoms with Crippen molar-refractivity contribution in [2.24, 2.45) is 10.2 Å². The molecule has 42 heavy (non-hydrogen) atoms. The molecule has 0 unspecified atom stereocenters. The van der Waals surface area contributed by atoms with E-state index in [0.29, 0.717) is 39.5 Å². The minimum absolute atomic E-state index is 0.159. The van der Waals surface area contributed by atoms with Gasteiger partial charge in [-0.05, 0) is 29.8 Å². The summed E-state index contributed by atoms with van der Waals surface area (Å²) in [7, 11) is 1.58. The van der Waals surface area contributed by atoms with Gasteiger partial charge in [-0.25, -0.2) is 4.98 Å². The number of aromatic nitrogens is 1. The molecule has 1 aliphatic heterocycles. The van der Waals surface area contributed by atoms with Crippen molar-refractivity contribution < 1.29 is 29.9 Å². The molecule has 0 bridgehead atoms. The number of benzene rings is 3. The third kappa shape index (κ3) is 6.05. The molecule has 10 nitrogen and oxygen atoms in total. The second-order valence-electron chi connectivity index (χ2n) is 9.42. The molecule has 214 valence electrons. The molecule has 0 saturated carbocycles. The Kier molecular flexibility index (Phi) is 9.24. The summed E-state index contributed by atoms with van der Waals surface area (Å²) < 4.78 is 11.0. The number of nitrogens with zero attached hydrogens (tertiary/aromatic N) is 4. The van der Waals surface area contributed by atoms with Crippen LogP contribution in [-0.2, 0) is 4.74 Å². The highest BCUT2D eigenvalue weighted by atomic mass is 32.2. The van der Waals surface area contributed by atoms with Gasteiger partial charge in [0, 0.05) is 11.1 Å². The average molecular weight is 585 g/mol. The highest BCUT2D eigenvalue weighted by molar-refractivity contribution is 7.99. The molecule has 0 amide bonds. The standard InChI is InChI=1S/C31H28N4O6S/c1-40-21-14-12-20(13-15-21)34-35-26-24(18-8-4-2-5-9-18)22(16-32)30(33-25(26)19-10-6-3-7-11-19)42-31-29(39)28(38)27(37)23(17-36)41-31/h2-15,23,27-29,31,36-39H,17H2,1H3/t23-,27+,28+,29-,31+/m1/s1. The van der Waals surface area contributed by atoms with Crippen LogP contribution in [0.25, 0.3) is 22.4 Å². The summed E-state index contributed by atoms with van der Waals surface area (Å²) in [6.07, 6.45) is -5.70. The fraction of sp³-hybridized carbons (Fsp3) is 0.226. The van der Waals surface area contributed by atoms with Crippen molar-refractivity contribution in [2.45, 2.75) is 34.9 Å². The Bertz CT molecular complexity index is 1580. The molecule has 5 rings (SSSR count). The number of aliphatic hydroxyl groups excluding tert-OH is 4. The van der Waals surface area contributed by atoms with Gasteiger partial charge in [0.15, 0.2) is 0 Å². The average Bonchev–Trinajstić information content (AvgIpc) is 3.04. The SMILES string of the molecule is COc1ccc(N=Nc2c(-c3ccccc3)nc(S[C@@H]3O[C@H](CO)[C@H](O)[C@H](O)[C@H]3O)c(C#N)c2-c2ccccc2)cc1. The van der Waals surface area contributed by atoms with Crippen LogP contribution >= 0.6 is 11.8 Å². The zero-order chi connectivity index (χ0) is 29.6. The number of methoxy groups -OCH3 is 1. The van der Waals surface area contributed by atoms with E-state index in [1.807, 2.05) is 60.7 Å². The van der Waals surface area contributed by atoms with Crippen molar-refractivity contribution in [3.63, 3.8) is 0 Å². The lowest BCUT2D eigenvalue weighted by atomic mass is 9.96. The van der Waals surface area contributed by atoms with Crippen LogP contribution in [-0.4, -0.2) is 69.0 Å². The number of aliphatic hydroxyl groups is 4. The van der Waals surface area contributed by atoms with Crippen LogP contribution in [0, 0.1) is 11.3 Å². The van der Waals surface area contributed by atoms with Crippen LogP contribution in [0.4, 0.5) is 11.4 Å². The number of hydrogen-bond donors (Lipinski definition) is 4. The van der Waals surface area contributed by atoms with E-state index in [4.69, 9.17) is 14.5 Å². The molecule has 5 atom stereocenters. The number of nitriles is 1. The molecule has 0 spiro atoms. The zero-order valence-corrected chi connectivity index (χ0v) is 23.3. The Hall–Kier alpha value is -4.15. The number of ether oxygens (including phenoxy) is 2. The van der Waals surface area contributed by atoms with Gasteiger partial charge in [-0.1, -0.05) is 72.4 Å². The summed E-state index contributed by atoms with van der Waals surface area (Å²) in [4.78, 5) is 4.83. The first-order valence-electron chi connectivity index (χ1n) is 13.1. The number of pyridine rings is 1. The summed E-state index contributed by atoms with van der Waals surface area (Å²) in [5.41, 5.74) is 2.23. The van der Waals surface area contributed by atoms with E-state index in [1.54, 1.807) is 31.4 Å². The molecule has 0 radical (unpaired) electrons. The Morgan fingerprint density at radius 3 is 2.12 bits per heavy atom. The van der Waals surface area contributed by atoms with Gasteiger partial charge in [0.25, 0.3) is 0 Å². The number of azo groups is 1. The first kappa shape index (κ1) is 29.3. The van der Waals surface area contributed by atoms with E-state index in [1.165, 1.54) is 0 Å². The van der Waals surface area contributed by atoms with E-state index < -0.39 is 36.5 Å². The Labute approximate surface area is 246 Å². The molecule has 2 heterocycles. The minimum Gasteiger partial charge on any atom is -0.497 e. The fourth-order valence-electron chi connectivity index (χ4n) is 4.56. The third-order valence-corrected chi connectivity index (χ3v) is 7.91. The Morgan fingerprint density at radius 1 is 0.881 bits per heavy atom. The van der Waals surface area contributed by atoms with E-state index in [9.17, 15) is 25.7 Å². The summed E-state index contributed by atoms with van der Waals surface area (Å²) in [5.74, 6) is 0.673. The van der Waals surface area contributed by atoms with Gasteiger partial charge in [-0.15, -0.1) is 5.11 Å². The normalized spacial score (nSPS) is 22.1. The first-order valence-corrected chi connectivity index (χ1v) is 13.9. The largest absolute Gasteiger partial charge is 0.497 e. The molecular formula is C31H28N4O6S. The van der Waals surface area contributed by atoms with Crippen LogP contribution < -0.4 is 4.74 Å². The van der Waals surface area contributed by atoms with E-state index >= 15 is 0 Å². The molecule has 1 fully saturated rings. The van der Waals surface area contributed by atoms with Crippen LogP contribution in [0.2, 0.25) is 0 Å². The topological polar surface area (TPSA) is 161 Å². The van der Waals surface area contributed by atoms with Crippen molar-refractivity contribution in [3.8, 4) is 34.2 Å². The van der Waals surface area contributed by atoms with Crippen molar-refractivity contribution in [3.05, 3.63) is 90.5 Å². The molecule has 11 heteroatoms. The van der Waals surface area contributed by atoms with Crippen LogP contribution in [0.1, 0.15) is 5.56 Å². The predicted molar refractivity (Wildman–Crippen MR) is 157 cm³/mol. The lowest BCUT2D eigenvalue weighted by molar-refractivity contribution is -0.205. The summed E-state index contributed by atoms with van der Waals surface area (Å²) in [6.45, 7) is -0.574. The van der Waals surface area contributed by atoms with Gasteiger partial charge < -0.3 is 29.9 Å².